The molecule has 2 amide bonds. The molecule has 0 aliphatic rings. The zero-order valence-corrected chi connectivity index (χ0v) is 13.3. The summed E-state index contributed by atoms with van der Waals surface area (Å²) in [6.07, 6.45) is 0.158. The van der Waals surface area contributed by atoms with Crippen LogP contribution in [0.3, 0.4) is 0 Å². The van der Waals surface area contributed by atoms with E-state index in [2.05, 4.69) is 15.8 Å². The van der Waals surface area contributed by atoms with Crippen LogP contribution in [0.5, 0.6) is 0 Å². The van der Waals surface area contributed by atoms with E-state index in [0.29, 0.717) is 11.3 Å². The Balaban J connectivity index is 2.58. The smallest absolute Gasteiger partial charge is 0.271 e. The van der Waals surface area contributed by atoms with Crippen LogP contribution < -0.4 is 10.7 Å². The molecule has 0 fully saturated rings. The molecule has 0 spiro atoms. The molecule has 0 saturated carbocycles. The molecule has 1 aromatic carbocycles. The summed E-state index contributed by atoms with van der Waals surface area (Å²) >= 11 is 0. The third kappa shape index (κ3) is 6.21. The molecule has 0 aliphatic carbocycles. The lowest BCUT2D eigenvalue weighted by Crippen LogP contribution is -2.41. The number of amides is 2. The molecule has 0 heterocycles. The van der Waals surface area contributed by atoms with E-state index in [9.17, 15) is 9.59 Å². The summed E-state index contributed by atoms with van der Waals surface area (Å²) in [5.74, 6) is -0.391. The van der Waals surface area contributed by atoms with Crippen LogP contribution in [0.15, 0.2) is 29.4 Å². The number of hydrogen-bond acceptors (Lipinski definition) is 3. The normalized spacial score (nSPS) is 12.0. The van der Waals surface area contributed by atoms with E-state index in [1.165, 1.54) is 0 Å². The molecule has 2 N–H and O–H groups in total. The Bertz CT molecular complexity index is 557. The molecule has 21 heavy (non-hydrogen) atoms. The third-order valence-corrected chi connectivity index (χ3v) is 2.67. The fourth-order valence-corrected chi connectivity index (χ4v) is 1.77. The lowest BCUT2D eigenvalue weighted by atomic mass is 10.1. The monoisotopic (exact) mass is 289 g/mol. The molecule has 5 heteroatoms. The van der Waals surface area contributed by atoms with Crippen molar-refractivity contribution in [1.82, 2.24) is 10.7 Å². The second kappa shape index (κ2) is 7.02. The number of carbonyl (C=O) groups is 2. The van der Waals surface area contributed by atoms with Crippen LogP contribution in [0.4, 0.5) is 0 Å². The lowest BCUT2D eigenvalue weighted by molar-refractivity contribution is -0.121. The number of carbonyl (C=O) groups excluding carboxylic acids is 2. The molecule has 0 aliphatic heterocycles. The number of nitrogens with one attached hydrogen (secondary N) is 2. The zero-order valence-electron chi connectivity index (χ0n) is 13.3. The summed E-state index contributed by atoms with van der Waals surface area (Å²) in [5, 5.41) is 6.81. The standard InChI is InChI=1S/C16H23N3O2/c1-11-8-6-7-9-13(11)15(21)19-18-12(2)10-14(20)17-16(3,4)5/h6-9H,10H2,1-5H3,(H,17,20)(H,19,21)/b18-12-. The van der Waals surface area contributed by atoms with Gasteiger partial charge in [0.15, 0.2) is 0 Å². The predicted molar refractivity (Wildman–Crippen MR) is 84.3 cm³/mol. The fraction of sp³-hybridized carbons (Fsp3) is 0.438. The minimum absolute atomic E-state index is 0.117. The van der Waals surface area contributed by atoms with Gasteiger partial charge in [-0.3, -0.25) is 9.59 Å². The van der Waals surface area contributed by atoms with Crippen molar-refractivity contribution in [2.45, 2.75) is 46.6 Å². The van der Waals surface area contributed by atoms with Crippen molar-refractivity contribution in [3.8, 4) is 0 Å². The average molecular weight is 289 g/mol. The summed E-state index contributed by atoms with van der Waals surface area (Å²) in [6.45, 7) is 9.31. The van der Waals surface area contributed by atoms with Gasteiger partial charge in [-0.15, -0.1) is 0 Å². The SMILES string of the molecule is C/C(CC(=O)NC(C)(C)C)=N/NC(=O)c1ccccc1C. The summed E-state index contributed by atoms with van der Waals surface area (Å²) in [4.78, 5) is 23.7. The minimum atomic E-state index is -0.276. The first-order valence-electron chi connectivity index (χ1n) is 6.89. The van der Waals surface area contributed by atoms with Crippen molar-refractivity contribution in [1.29, 1.82) is 0 Å². The highest BCUT2D eigenvalue weighted by molar-refractivity contribution is 6.01. The summed E-state index contributed by atoms with van der Waals surface area (Å²) in [6, 6.07) is 7.27. The van der Waals surface area contributed by atoms with Crippen molar-refractivity contribution in [2.75, 3.05) is 0 Å². The first-order chi connectivity index (χ1) is 9.69. The third-order valence-electron chi connectivity index (χ3n) is 2.67. The van der Waals surface area contributed by atoms with Gasteiger partial charge < -0.3 is 5.32 Å². The molecular weight excluding hydrogens is 266 g/mol. The Kier molecular flexibility index (Phi) is 5.64. The van der Waals surface area contributed by atoms with Gasteiger partial charge in [-0.05, 0) is 46.2 Å². The second-order valence-corrected chi connectivity index (χ2v) is 6.08. The molecule has 0 saturated heterocycles. The van der Waals surface area contributed by atoms with Crippen LogP contribution in [0.1, 0.15) is 50.0 Å². The van der Waals surface area contributed by atoms with Gasteiger partial charge in [0.25, 0.3) is 5.91 Å². The minimum Gasteiger partial charge on any atom is -0.351 e. The number of benzene rings is 1. The van der Waals surface area contributed by atoms with Gasteiger partial charge in [0.1, 0.15) is 0 Å². The van der Waals surface area contributed by atoms with Gasteiger partial charge in [0.05, 0.1) is 6.42 Å². The topological polar surface area (TPSA) is 70.6 Å². The van der Waals surface area contributed by atoms with Crippen molar-refractivity contribution in [3.63, 3.8) is 0 Å². The zero-order chi connectivity index (χ0) is 16.0. The number of hydrogen-bond donors (Lipinski definition) is 2. The number of nitrogens with zero attached hydrogens (tertiary/aromatic N) is 1. The first kappa shape index (κ1) is 16.9. The Hall–Kier alpha value is -2.17. The van der Waals surface area contributed by atoms with Gasteiger partial charge in [-0.1, -0.05) is 18.2 Å². The summed E-state index contributed by atoms with van der Waals surface area (Å²) in [7, 11) is 0. The van der Waals surface area contributed by atoms with Crippen LogP contribution in [-0.2, 0) is 4.79 Å². The number of rotatable bonds is 4. The maximum absolute atomic E-state index is 12.0. The van der Waals surface area contributed by atoms with E-state index in [4.69, 9.17) is 0 Å². The average Bonchev–Trinajstić information content (AvgIpc) is 2.34. The Morgan fingerprint density at radius 3 is 2.38 bits per heavy atom. The Labute approximate surface area is 125 Å². The summed E-state index contributed by atoms with van der Waals surface area (Å²) in [5.41, 5.74) is 4.21. The molecule has 0 radical (unpaired) electrons. The van der Waals surface area contributed by atoms with E-state index in [-0.39, 0.29) is 23.8 Å². The Morgan fingerprint density at radius 2 is 1.81 bits per heavy atom. The Morgan fingerprint density at radius 1 is 1.19 bits per heavy atom. The number of hydrazone groups is 1. The van der Waals surface area contributed by atoms with Gasteiger partial charge in [0.2, 0.25) is 5.91 Å². The molecule has 114 valence electrons. The molecule has 5 nitrogen and oxygen atoms in total. The fourth-order valence-electron chi connectivity index (χ4n) is 1.77. The number of aryl methyl sites for hydroxylation is 1. The molecule has 1 aromatic rings. The van der Waals surface area contributed by atoms with Crippen LogP contribution in [0, 0.1) is 6.92 Å². The largest absolute Gasteiger partial charge is 0.351 e. The van der Waals surface area contributed by atoms with E-state index < -0.39 is 0 Å². The molecule has 1 rings (SSSR count). The highest BCUT2D eigenvalue weighted by Gasteiger charge is 2.14. The van der Waals surface area contributed by atoms with Crippen molar-refractivity contribution in [2.24, 2.45) is 5.10 Å². The maximum Gasteiger partial charge on any atom is 0.271 e. The molecule has 0 atom stereocenters. The first-order valence-corrected chi connectivity index (χ1v) is 6.89. The molecule has 0 bridgehead atoms. The van der Waals surface area contributed by atoms with Crippen LogP contribution in [0.2, 0.25) is 0 Å². The maximum atomic E-state index is 12.0. The van der Waals surface area contributed by atoms with E-state index in [0.717, 1.165) is 5.56 Å². The van der Waals surface area contributed by atoms with Gasteiger partial charge in [0, 0.05) is 16.8 Å². The molecule has 0 unspecified atom stereocenters. The van der Waals surface area contributed by atoms with Crippen LogP contribution >= 0.6 is 0 Å². The quantitative estimate of drug-likeness (QED) is 0.660. The van der Waals surface area contributed by atoms with Gasteiger partial charge >= 0.3 is 0 Å². The molecular formula is C16H23N3O2. The van der Waals surface area contributed by atoms with Crippen LogP contribution in [0.25, 0.3) is 0 Å². The van der Waals surface area contributed by atoms with Crippen molar-refractivity contribution < 1.29 is 9.59 Å². The highest BCUT2D eigenvalue weighted by Crippen LogP contribution is 2.06. The van der Waals surface area contributed by atoms with Crippen LogP contribution in [-0.4, -0.2) is 23.1 Å². The van der Waals surface area contributed by atoms with Crippen molar-refractivity contribution in [3.05, 3.63) is 35.4 Å². The van der Waals surface area contributed by atoms with Crippen molar-refractivity contribution >= 4 is 17.5 Å². The van der Waals surface area contributed by atoms with E-state index >= 15 is 0 Å². The van der Waals surface area contributed by atoms with E-state index in [1.807, 2.05) is 39.8 Å². The highest BCUT2D eigenvalue weighted by atomic mass is 16.2. The lowest BCUT2D eigenvalue weighted by Gasteiger charge is -2.20. The molecule has 0 aromatic heterocycles. The van der Waals surface area contributed by atoms with E-state index in [1.54, 1.807) is 19.1 Å². The van der Waals surface area contributed by atoms with Gasteiger partial charge in [-0.2, -0.15) is 5.10 Å². The predicted octanol–water partition coefficient (Wildman–Crippen LogP) is 2.41. The van der Waals surface area contributed by atoms with Gasteiger partial charge in [-0.25, -0.2) is 5.43 Å². The second-order valence-electron chi connectivity index (χ2n) is 6.08. The summed E-state index contributed by atoms with van der Waals surface area (Å²) < 4.78 is 0.